The highest BCUT2D eigenvalue weighted by molar-refractivity contribution is 5.77. The molecule has 2 rings (SSSR count). The summed E-state index contributed by atoms with van der Waals surface area (Å²) in [7, 11) is 0. The maximum atomic E-state index is 12.8. The molecule has 0 aromatic heterocycles. The van der Waals surface area contributed by atoms with E-state index < -0.39 is 23.9 Å². The molecular formula is C14H16F3NO3. The van der Waals surface area contributed by atoms with Crippen LogP contribution in [-0.4, -0.2) is 46.3 Å². The number of hydrogen-bond acceptors (Lipinski definition) is 3. The van der Waals surface area contributed by atoms with Crippen LogP contribution in [0.4, 0.5) is 13.2 Å². The lowest BCUT2D eigenvalue weighted by Gasteiger charge is -2.16. The Hall–Kier alpha value is -1.60. The summed E-state index contributed by atoms with van der Waals surface area (Å²) in [6.45, 7) is 0.0296. The van der Waals surface area contributed by atoms with E-state index in [9.17, 15) is 28.2 Å². The van der Waals surface area contributed by atoms with Gasteiger partial charge in [0.05, 0.1) is 17.8 Å². The van der Waals surface area contributed by atoms with Gasteiger partial charge in [0.1, 0.15) is 0 Å². The number of alkyl halides is 3. The molecule has 2 N–H and O–H groups in total. The van der Waals surface area contributed by atoms with Gasteiger partial charge in [-0.05, 0) is 18.1 Å². The highest BCUT2D eigenvalue weighted by atomic mass is 19.4. The van der Waals surface area contributed by atoms with Gasteiger partial charge in [-0.25, -0.2) is 0 Å². The van der Waals surface area contributed by atoms with Gasteiger partial charge in [-0.1, -0.05) is 18.2 Å². The molecule has 116 valence electrons. The number of aliphatic hydroxyl groups is 2. The predicted molar refractivity (Wildman–Crippen MR) is 68.4 cm³/mol. The first-order valence-electron chi connectivity index (χ1n) is 6.58. The Morgan fingerprint density at radius 1 is 1.19 bits per heavy atom. The van der Waals surface area contributed by atoms with Crippen LogP contribution in [0, 0.1) is 0 Å². The highest BCUT2D eigenvalue weighted by Crippen LogP contribution is 2.32. The number of hydrogen-bond donors (Lipinski definition) is 2. The van der Waals surface area contributed by atoms with Gasteiger partial charge in [-0.15, -0.1) is 0 Å². The number of aryl methyl sites for hydroxylation is 1. The maximum absolute atomic E-state index is 12.8. The summed E-state index contributed by atoms with van der Waals surface area (Å²) in [5.41, 5.74) is -0.669. The molecule has 4 nitrogen and oxygen atoms in total. The van der Waals surface area contributed by atoms with Crippen molar-refractivity contribution in [3.8, 4) is 0 Å². The molecule has 1 saturated heterocycles. The number of halogens is 3. The first-order chi connectivity index (χ1) is 9.79. The number of aliphatic hydroxyl groups excluding tert-OH is 2. The normalized spacial score (nSPS) is 22.6. The number of likely N-dealkylation sites (tertiary alicyclic amines) is 1. The van der Waals surface area contributed by atoms with Crippen molar-refractivity contribution in [2.75, 3.05) is 13.1 Å². The van der Waals surface area contributed by atoms with Crippen LogP contribution in [0.5, 0.6) is 0 Å². The Balaban J connectivity index is 1.99. The predicted octanol–water partition coefficient (Wildman–Crippen LogP) is 1.20. The molecule has 1 fully saturated rings. The molecule has 1 heterocycles. The number of carbonyl (C=O) groups is 1. The van der Waals surface area contributed by atoms with E-state index in [2.05, 4.69) is 0 Å². The first kappa shape index (κ1) is 15.8. The minimum atomic E-state index is -4.44. The van der Waals surface area contributed by atoms with Crippen LogP contribution < -0.4 is 0 Å². The largest absolute Gasteiger partial charge is 0.416 e. The second kappa shape index (κ2) is 6.03. The summed E-state index contributed by atoms with van der Waals surface area (Å²) in [5.74, 6) is -0.373. The lowest BCUT2D eigenvalue weighted by atomic mass is 10.0. The number of benzene rings is 1. The Labute approximate surface area is 119 Å². The van der Waals surface area contributed by atoms with Gasteiger partial charge in [0.15, 0.2) is 0 Å². The highest BCUT2D eigenvalue weighted by Gasteiger charge is 2.34. The van der Waals surface area contributed by atoms with E-state index in [4.69, 9.17) is 0 Å². The minimum absolute atomic E-state index is 0.0148. The standard InChI is InChI=1S/C14H16F3NO3/c15-14(16,17)10-4-2-1-3-9(10)5-6-13(21)18-7-11(19)12(20)8-18/h1-4,11-12,19-20H,5-8H2/t11-,12-/m1/s1. The molecule has 0 aliphatic carbocycles. The molecule has 0 bridgehead atoms. The fraction of sp³-hybridized carbons (Fsp3) is 0.500. The number of carbonyl (C=O) groups excluding carboxylic acids is 1. The van der Waals surface area contributed by atoms with E-state index in [1.165, 1.54) is 23.1 Å². The average Bonchev–Trinajstić information content (AvgIpc) is 2.75. The lowest BCUT2D eigenvalue weighted by molar-refractivity contribution is -0.138. The van der Waals surface area contributed by atoms with Crippen LogP contribution in [0.15, 0.2) is 24.3 Å². The molecule has 0 radical (unpaired) electrons. The number of rotatable bonds is 3. The second-order valence-electron chi connectivity index (χ2n) is 5.09. The molecular weight excluding hydrogens is 287 g/mol. The van der Waals surface area contributed by atoms with Gasteiger partial charge < -0.3 is 15.1 Å². The molecule has 0 spiro atoms. The summed E-state index contributed by atoms with van der Waals surface area (Å²) in [6.07, 6.45) is -6.54. The van der Waals surface area contributed by atoms with E-state index in [1.54, 1.807) is 0 Å². The van der Waals surface area contributed by atoms with Crippen LogP contribution in [0.3, 0.4) is 0 Å². The van der Waals surface area contributed by atoms with Crippen molar-refractivity contribution in [2.24, 2.45) is 0 Å². The molecule has 1 aromatic rings. The van der Waals surface area contributed by atoms with Crippen LogP contribution >= 0.6 is 0 Å². The van der Waals surface area contributed by atoms with Gasteiger partial charge in [-0.3, -0.25) is 4.79 Å². The zero-order chi connectivity index (χ0) is 15.6. The maximum Gasteiger partial charge on any atom is 0.416 e. The quantitative estimate of drug-likeness (QED) is 0.882. The first-order valence-corrected chi connectivity index (χ1v) is 6.58. The van der Waals surface area contributed by atoms with Crippen molar-refractivity contribution in [3.63, 3.8) is 0 Å². The van der Waals surface area contributed by atoms with Gasteiger partial charge in [0, 0.05) is 19.5 Å². The van der Waals surface area contributed by atoms with Gasteiger partial charge in [0.2, 0.25) is 5.91 Å². The summed E-state index contributed by atoms with van der Waals surface area (Å²) >= 11 is 0. The summed E-state index contributed by atoms with van der Waals surface area (Å²) in [6, 6.07) is 5.15. The monoisotopic (exact) mass is 303 g/mol. The fourth-order valence-electron chi connectivity index (χ4n) is 2.39. The average molecular weight is 303 g/mol. The van der Waals surface area contributed by atoms with Crippen molar-refractivity contribution in [1.82, 2.24) is 4.90 Å². The lowest BCUT2D eigenvalue weighted by Crippen LogP contribution is -2.30. The zero-order valence-electron chi connectivity index (χ0n) is 11.2. The van der Waals surface area contributed by atoms with Crippen molar-refractivity contribution in [2.45, 2.75) is 31.2 Å². The second-order valence-corrected chi connectivity index (χ2v) is 5.09. The van der Waals surface area contributed by atoms with Crippen molar-refractivity contribution >= 4 is 5.91 Å². The SMILES string of the molecule is O=C(CCc1ccccc1C(F)(F)F)N1C[C@@H](O)[C@H](O)C1. The van der Waals surface area contributed by atoms with Crippen LogP contribution in [0.2, 0.25) is 0 Å². The summed E-state index contributed by atoms with van der Waals surface area (Å²) in [4.78, 5) is 13.2. The molecule has 7 heteroatoms. The number of nitrogens with zero attached hydrogens (tertiary/aromatic N) is 1. The summed E-state index contributed by atoms with van der Waals surface area (Å²) in [5, 5.41) is 18.7. The van der Waals surface area contributed by atoms with E-state index in [1.807, 2.05) is 0 Å². The molecule has 1 aromatic carbocycles. The molecule has 1 amide bonds. The molecule has 1 aliphatic heterocycles. The van der Waals surface area contributed by atoms with Gasteiger partial charge in [-0.2, -0.15) is 13.2 Å². The van der Waals surface area contributed by atoms with Crippen molar-refractivity contribution in [1.29, 1.82) is 0 Å². The van der Waals surface area contributed by atoms with Crippen molar-refractivity contribution in [3.05, 3.63) is 35.4 Å². The summed E-state index contributed by atoms with van der Waals surface area (Å²) < 4.78 is 38.4. The van der Waals surface area contributed by atoms with Crippen LogP contribution in [0.1, 0.15) is 17.5 Å². The van der Waals surface area contributed by atoms with E-state index in [0.29, 0.717) is 0 Å². The zero-order valence-corrected chi connectivity index (χ0v) is 11.2. The van der Waals surface area contributed by atoms with Gasteiger partial charge in [0.25, 0.3) is 0 Å². The molecule has 2 atom stereocenters. The third-order valence-electron chi connectivity index (χ3n) is 3.54. The van der Waals surface area contributed by atoms with Crippen LogP contribution in [0.25, 0.3) is 0 Å². The van der Waals surface area contributed by atoms with Crippen molar-refractivity contribution < 1.29 is 28.2 Å². The Kier molecular flexibility index (Phi) is 4.53. The van der Waals surface area contributed by atoms with Crippen LogP contribution in [-0.2, 0) is 17.4 Å². The minimum Gasteiger partial charge on any atom is -0.388 e. The smallest absolute Gasteiger partial charge is 0.388 e. The molecule has 21 heavy (non-hydrogen) atoms. The molecule has 0 saturated carbocycles. The third kappa shape index (κ3) is 3.74. The molecule has 0 unspecified atom stereocenters. The fourth-order valence-corrected chi connectivity index (χ4v) is 2.39. The Morgan fingerprint density at radius 3 is 2.33 bits per heavy atom. The van der Waals surface area contributed by atoms with E-state index in [-0.39, 0.29) is 37.4 Å². The Bertz CT molecular complexity index is 508. The number of β-amino-alcohol motifs (C(OH)–C–C–N with tert-alkyl or cyclic N) is 2. The topological polar surface area (TPSA) is 60.8 Å². The Morgan fingerprint density at radius 2 is 1.76 bits per heavy atom. The van der Waals surface area contributed by atoms with E-state index in [0.717, 1.165) is 6.07 Å². The third-order valence-corrected chi connectivity index (χ3v) is 3.54. The number of amides is 1. The van der Waals surface area contributed by atoms with E-state index >= 15 is 0 Å². The molecule has 1 aliphatic rings. The van der Waals surface area contributed by atoms with Gasteiger partial charge >= 0.3 is 6.18 Å².